The molecular weight excluding hydrogens is 326 g/mol. The Bertz CT molecular complexity index is 585. The summed E-state index contributed by atoms with van der Waals surface area (Å²) in [6.45, 7) is 12.0. The van der Waals surface area contributed by atoms with Crippen LogP contribution in [-0.4, -0.2) is 60.3 Å². The van der Waals surface area contributed by atoms with Crippen molar-refractivity contribution in [2.75, 3.05) is 32.7 Å². The molecule has 1 amide bonds. The first-order valence-corrected chi connectivity index (χ1v) is 9.88. The van der Waals surface area contributed by atoms with Crippen molar-refractivity contribution in [3.05, 3.63) is 35.9 Å². The van der Waals surface area contributed by atoms with Gasteiger partial charge in [0.1, 0.15) is 5.60 Å². The van der Waals surface area contributed by atoms with Crippen molar-refractivity contribution in [3.8, 4) is 0 Å². The Morgan fingerprint density at radius 3 is 2.73 bits per heavy atom. The molecule has 0 unspecified atom stereocenters. The summed E-state index contributed by atoms with van der Waals surface area (Å²) in [5, 5.41) is 2.86. The zero-order valence-electron chi connectivity index (χ0n) is 16.4. The van der Waals surface area contributed by atoms with Gasteiger partial charge in [-0.15, -0.1) is 0 Å². The van der Waals surface area contributed by atoms with Gasteiger partial charge in [-0.1, -0.05) is 30.3 Å². The molecule has 0 spiro atoms. The van der Waals surface area contributed by atoms with Crippen molar-refractivity contribution in [1.82, 2.24) is 15.1 Å². The molecule has 5 nitrogen and oxygen atoms in total. The summed E-state index contributed by atoms with van der Waals surface area (Å²) in [6, 6.07) is 11.5. The molecule has 1 aromatic carbocycles. The Morgan fingerprint density at radius 1 is 1.23 bits per heavy atom. The highest BCUT2D eigenvalue weighted by atomic mass is 16.6. The van der Waals surface area contributed by atoms with E-state index in [1.165, 1.54) is 25.1 Å². The highest BCUT2D eigenvalue weighted by Gasteiger charge is 2.40. The lowest BCUT2D eigenvalue weighted by molar-refractivity contribution is 0.0526. The quantitative estimate of drug-likeness (QED) is 0.793. The first-order chi connectivity index (χ1) is 12.4. The Balaban J connectivity index is 1.37. The third-order valence-electron chi connectivity index (χ3n) is 5.29. The summed E-state index contributed by atoms with van der Waals surface area (Å²) in [5.41, 5.74) is 0.978. The maximum atomic E-state index is 11.7. The third-order valence-corrected chi connectivity index (χ3v) is 5.29. The van der Waals surface area contributed by atoms with Crippen LogP contribution < -0.4 is 5.32 Å². The van der Waals surface area contributed by atoms with Gasteiger partial charge in [-0.25, -0.2) is 4.79 Å². The number of ether oxygens (including phenoxy) is 1. The first-order valence-electron chi connectivity index (χ1n) is 9.88. The molecule has 2 heterocycles. The van der Waals surface area contributed by atoms with Gasteiger partial charge in [-0.05, 0) is 58.2 Å². The fraction of sp³-hybridized carbons (Fsp3) is 0.667. The number of rotatable bonds is 6. The van der Waals surface area contributed by atoms with Crippen molar-refractivity contribution in [2.24, 2.45) is 5.92 Å². The second-order valence-electron chi connectivity index (χ2n) is 8.61. The molecule has 26 heavy (non-hydrogen) atoms. The van der Waals surface area contributed by atoms with E-state index in [-0.39, 0.29) is 6.09 Å². The normalized spacial score (nSPS) is 23.8. The van der Waals surface area contributed by atoms with Crippen LogP contribution in [0.2, 0.25) is 0 Å². The number of amides is 1. The van der Waals surface area contributed by atoms with Gasteiger partial charge in [0.15, 0.2) is 0 Å². The minimum absolute atomic E-state index is 0.315. The predicted octanol–water partition coefficient (Wildman–Crippen LogP) is 3.11. The maximum Gasteiger partial charge on any atom is 0.407 e. The van der Waals surface area contributed by atoms with Crippen LogP contribution in [0.4, 0.5) is 4.79 Å². The van der Waals surface area contributed by atoms with Gasteiger partial charge in [0.05, 0.1) is 0 Å². The van der Waals surface area contributed by atoms with Crippen molar-refractivity contribution >= 4 is 6.09 Å². The number of carbonyl (C=O) groups excluding carboxylic acids is 1. The summed E-state index contributed by atoms with van der Waals surface area (Å²) < 4.78 is 5.27. The fourth-order valence-corrected chi connectivity index (χ4v) is 4.14. The molecule has 0 bridgehead atoms. The van der Waals surface area contributed by atoms with E-state index in [9.17, 15) is 4.79 Å². The molecule has 3 rings (SSSR count). The van der Waals surface area contributed by atoms with Crippen molar-refractivity contribution in [2.45, 2.75) is 51.8 Å². The average molecular weight is 360 g/mol. The molecule has 0 radical (unpaired) electrons. The van der Waals surface area contributed by atoms with Gasteiger partial charge in [0.2, 0.25) is 0 Å². The number of benzene rings is 1. The minimum atomic E-state index is -0.432. The van der Waals surface area contributed by atoms with E-state index in [1.54, 1.807) is 0 Å². The Hall–Kier alpha value is -1.59. The molecule has 0 aliphatic carbocycles. The minimum Gasteiger partial charge on any atom is -0.444 e. The third kappa shape index (κ3) is 5.45. The van der Waals surface area contributed by atoms with Crippen LogP contribution in [0.5, 0.6) is 0 Å². The molecular formula is C21H33N3O2. The van der Waals surface area contributed by atoms with Gasteiger partial charge < -0.3 is 15.0 Å². The van der Waals surface area contributed by atoms with Gasteiger partial charge in [0.25, 0.3) is 0 Å². The van der Waals surface area contributed by atoms with E-state index in [2.05, 4.69) is 45.4 Å². The number of fused-ring (bicyclic) bond motifs is 1. The van der Waals surface area contributed by atoms with Crippen LogP contribution in [0.15, 0.2) is 30.3 Å². The number of hydrogen-bond donors (Lipinski definition) is 1. The predicted molar refractivity (Wildman–Crippen MR) is 104 cm³/mol. The van der Waals surface area contributed by atoms with Crippen LogP contribution >= 0.6 is 0 Å². The molecule has 0 saturated carbocycles. The van der Waals surface area contributed by atoms with E-state index in [1.807, 2.05) is 20.8 Å². The Labute approximate surface area is 157 Å². The van der Waals surface area contributed by atoms with E-state index in [0.29, 0.717) is 12.6 Å². The molecule has 5 heteroatoms. The zero-order chi connectivity index (χ0) is 18.6. The summed E-state index contributed by atoms with van der Waals surface area (Å²) in [6.07, 6.45) is 1.96. The highest BCUT2D eigenvalue weighted by molar-refractivity contribution is 5.67. The topological polar surface area (TPSA) is 44.8 Å². The average Bonchev–Trinajstić information content (AvgIpc) is 3.13. The van der Waals surface area contributed by atoms with Gasteiger partial charge in [-0.2, -0.15) is 0 Å². The van der Waals surface area contributed by atoms with E-state index in [4.69, 9.17) is 4.74 Å². The number of hydrogen-bond acceptors (Lipinski definition) is 4. The van der Waals surface area contributed by atoms with E-state index < -0.39 is 5.60 Å². The van der Waals surface area contributed by atoms with Gasteiger partial charge >= 0.3 is 6.09 Å². The van der Waals surface area contributed by atoms with Crippen LogP contribution in [0.3, 0.4) is 0 Å². The largest absolute Gasteiger partial charge is 0.444 e. The number of nitrogens with one attached hydrogen (secondary N) is 1. The number of alkyl carbamates (subject to hydrolysis) is 1. The summed E-state index contributed by atoms with van der Waals surface area (Å²) in [7, 11) is 0. The molecule has 2 aliphatic rings. The zero-order valence-corrected chi connectivity index (χ0v) is 16.4. The molecule has 0 aromatic heterocycles. The molecule has 2 saturated heterocycles. The van der Waals surface area contributed by atoms with Crippen LogP contribution in [-0.2, 0) is 11.3 Å². The van der Waals surface area contributed by atoms with E-state index >= 15 is 0 Å². The summed E-state index contributed by atoms with van der Waals surface area (Å²) >= 11 is 0. The maximum absolute atomic E-state index is 11.7. The number of carbonyl (C=O) groups is 1. The second kappa shape index (κ2) is 8.40. The van der Waals surface area contributed by atoms with Gasteiger partial charge in [0, 0.05) is 32.2 Å². The standard InChI is InChI=1S/C21H33N3O2/c1-21(2,3)26-20(25)22-11-7-12-23-15-18-10-13-24(19(18)16-23)14-17-8-5-4-6-9-17/h4-6,8-9,18-19H,7,10-16H2,1-3H3,(H,22,25)/t18-,19+/m1/s1. The van der Waals surface area contributed by atoms with Crippen molar-refractivity contribution in [3.63, 3.8) is 0 Å². The molecule has 2 fully saturated rings. The van der Waals surface area contributed by atoms with E-state index in [0.717, 1.165) is 32.0 Å². The lowest BCUT2D eigenvalue weighted by Crippen LogP contribution is -2.36. The molecule has 1 aromatic rings. The summed E-state index contributed by atoms with van der Waals surface area (Å²) in [4.78, 5) is 16.9. The number of likely N-dealkylation sites (tertiary alicyclic amines) is 2. The monoisotopic (exact) mass is 359 g/mol. The fourth-order valence-electron chi connectivity index (χ4n) is 4.14. The second-order valence-corrected chi connectivity index (χ2v) is 8.61. The lowest BCUT2D eigenvalue weighted by atomic mass is 10.0. The lowest BCUT2D eigenvalue weighted by Gasteiger charge is -2.25. The number of nitrogens with zero attached hydrogens (tertiary/aromatic N) is 2. The molecule has 2 aliphatic heterocycles. The summed E-state index contributed by atoms with van der Waals surface area (Å²) in [5.74, 6) is 0.803. The smallest absolute Gasteiger partial charge is 0.407 e. The van der Waals surface area contributed by atoms with Crippen molar-refractivity contribution < 1.29 is 9.53 Å². The first kappa shape index (κ1) is 19.2. The van der Waals surface area contributed by atoms with Crippen molar-refractivity contribution in [1.29, 1.82) is 0 Å². The van der Waals surface area contributed by atoms with Gasteiger partial charge in [-0.3, -0.25) is 4.90 Å². The Morgan fingerprint density at radius 2 is 2.00 bits per heavy atom. The molecule has 2 atom stereocenters. The Kier molecular flexibility index (Phi) is 6.20. The highest BCUT2D eigenvalue weighted by Crippen LogP contribution is 2.32. The molecule has 144 valence electrons. The van der Waals surface area contributed by atoms with Crippen LogP contribution in [0.25, 0.3) is 0 Å². The SMILES string of the molecule is CC(C)(C)OC(=O)NCCCN1C[C@H]2CCN(Cc3ccccc3)[C@H]2C1. The molecule has 1 N–H and O–H groups in total. The van der Waals surface area contributed by atoms with Crippen LogP contribution in [0.1, 0.15) is 39.2 Å². The van der Waals surface area contributed by atoms with Crippen LogP contribution in [0, 0.1) is 5.92 Å².